The van der Waals surface area contributed by atoms with E-state index in [-0.39, 0.29) is 17.9 Å². The Morgan fingerprint density at radius 1 is 1.03 bits per heavy atom. The number of allylic oxidation sites excluding steroid dienone is 2. The highest BCUT2D eigenvalue weighted by molar-refractivity contribution is 6.36. The lowest BCUT2D eigenvalue weighted by Gasteiger charge is -2.38. The Balaban J connectivity index is 1.47. The smallest absolute Gasteiger partial charge is 0.255 e. The van der Waals surface area contributed by atoms with Crippen molar-refractivity contribution in [1.82, 2.24) is 0 Å². The summed E-state index contributed by atoms with van der Waals surface area (Å²) in [4.78, 5) is 12.7. The van der Waals surface area contributed by atoms with Crippen LogP contribution < -0.4 is 10.6 Å². The van der Waals surface area contributed by atoms with E-state index in [1.165, 1.54) is 5.56 Å². The maximum Gasteiger partial charge on any atom is 0.255 e. The summed E-state index contributed by atoms with van der Waals surface area (Å²) in [7, 11) is 0. The van der Waals surface area contributed by atoms with Gasteiger partial charge in [0.15, 0.2) is 0 Å². The predicted octanol–water partition coefficient (Wildman–Crippen LogP) is 7.38. The van der Waals surface area contributed by atoms with Crippen molar-refractivity contribution in [2.24, 2.45) is 5.92 Å². The number of nitrogens with one attached hydrogen (secondary N) is 2. The Bertz CT molecular complexity index is 1180. The fourth-order valence-electron chi connectivity index (χ4n) is 4.76. The van der Waals surface area contributed by atoms with Gasteiger partial charge in [0, 0.05) is 38.5 Å². The predicted molar refractivity (Wildman–Crippen MR) is 128 cm³/mol. The fourth-order valence-corrected chi connectivity index (χ4v) is 5.39. The van der Waals surface area contributed by atoms with E-state index in [9.17, 15) is 4.79 Å². The molecule has 3 atom stereocenters. The van der Waals surface area contributed by atoms with Crippen LogP contribution in [0.5, 0.6) is 0 Å². The van der Waals surface area contributed by atoms with Gasteiger partial charge in [-0.2, -0.15) is 0 Å². The zero-order valence-corrected chi connectivity index (χ0v) is 18.5. The minimum Gasteiger partial charge on any atom is -0.378 e. The Hall–Kier alpha value is -2.75. The highest BCUT2D eigenvalue weighted by atomic mass is 35.5. The van der Waals surface area contributed by atoms with Crippen molar-refractivity contribution in [3.05, 3.63) is 105 Å². The standard InChI is InChI=1S/C26H22Cl2N2O/c1-15-5-2-6-16(13-15)26(31)29-17-11-12-23-20(14-17)18-7-3-8-19(18)25(30-23)24-21(27)9-4-10-22(24)28/h2-7,9-14,18-19,25,30H,8H2,1H3,(H,29,31). The van der Waals surface area contributed by atoms with Gasteiger partial charge in [-0.05, 0) is 67.3 Å². The van der Waals surface area contributed by atoms with Crippen LogP contribution in [0.15, 0.2) is 72.8 Å². The minimum absolute atomic E-state index is 0.0291. The Labute approximate surface area is 192 Å². The van der Waals surface area contributed by atoms with Crippen molar-refractivity contribution in [1.29, 1.82) is 0 Å². The van der Waals surface area contributed by atoms with Crippen LogP contribution >= 0.6 is 23.2 Å². The van der Waals surface area contributed by atoms with Gasteiger partial charge in [-0.15, -0.1) is 0 Å². The van der Waals surface area contributed by atoms with Gasteiger partial charge in [-0.1, -0.05) is 59.1 Å². The van der Waals surface area contributed by atoms with Gasteiger partial charge in [0.25, 0.3) is 5.91 Å². The number of anilines is 2. The summed E-state index contributed by atoms with van der Waals surface area (Å²) in [6.07, 6.45) is 5.43. The molecule has 5 heteroatoms. The first-order valence-corrected chi connectivity index (χ1v) is 11.2. The minimum atomic E-state index is -0.105. The summed E-state index contributed by atoms with van der Waals surface area (Å²) in [5, 5.41) is 8.07. The van der Waals surface area contributed by atoms with E-state index < -0.39 is 0 Å². The topological polar surface area (TPSA) is 41.1 Å². The molecule has 3 nitrogen and oxygen atoms in total. The molecule has 3 aromatic rings. The van der Waals surface area contributed by atoms with Crippen LogP contribution in [0.2, 0.25) is 10.0 Å². The molecule has 3 unspecified atom stereocenters. The Morgan fingerprint density at radius 3 is 2.58 bits per heavy atom. The van der Waals surface area contributed by atoms with Crippen molar-refractivity contribution in [2.75, 3.05) is 10.6 Å². The van der Waals surface area contributed by atoms with Gasteiger partial charge in [-0.3, -0.25) is 4.79 Å². The maximum atomic E-state index is 12.7. The van der Waals surface area contributed by atoms with E-state index in [1.807, 2.05) is 61.5 Å². The molecule has 0 spiro atoms. The van der Waals surface area contributed by atoms with Crippen LogP contribution in [0.4, 0.5) is 11.4 Å². The third-order valence-electron chi connectivity index (χ3n) is 6.21. The lowest BCUT2D eigenvalue weighted by atomic mass is 9.77. The molecule has 2 aliphatic rings. The first kappa shape index (κ1) is 20.2. The summed E-state index contributed by atoms with van der Waals surface area (Å²) in [6.45, 7) is 1.98. The number of carbonyl (C=O) groups excluding carboxylic acids is 1. The molecule has 156 valence electrons. The number of hydrogen-bond acceptors (Lipinski definition) is 2. The summed E-state index contributed by atoms with van der Waals surface area (Å²) in [5.41, 5.74) is 5.68. The summed E-state index contributed by atoms with van der Waals surface area (Å²) in [5.74, 6) is 0.448. The van der Waals surface area contributed by atoms with Crippen molar-refractivity contribution in [3.63, 3.8) is 0 Å². The summed E-state index contributed by atoms with van der Waals surface area (Å²) in [6, 6.07) is 19.3. The number of hydrogen-bond donors (Lipinski definition) is 2. The molecule has 1 heterocycles. The van der Waals surface area contributed by atoms with Crippen LogP contribution in [0.3, 0.4) is 0 Å². The zero-order valence-electron chi connectivity index (χ0n) is 17.0. The normalized spacial score (nSPS) is 21.2. The third kappa shape index (κ3) is 3.73. The number of benzene rings is 3. The largest absolute Gasteiger partial charge is 0.378 e. The van der Waals surface area contributed by atoms with E-state index in [4.69, 9.17) is 23.2 Å². The van der Waals surface area contributed by atoms with Crippen LogP contribution in [0, 0.1) is 12.8 Å². The molecular formula is C26H22Cl2N2O. The molecule has 0 bridgehead atoms. The lowest BCUT2D eigenvalue weighted by molar-refractivity contribution is 0.102. The number of rotatable bonds is 3. The van der Waals surface area contributed by atoms with E-state index >= 15 is 0 Å². The van der Waals surface area contributed by atoms with E-state index in [1.54, 1.807) is 0 Å². The van der Waals surface area contributed by atoms with Crippen LogP contribution in [-0.2, 0) is 0 Å². The van der Waals surface area contributed by atoms with Gasteiger partial charge in [0.05, 0.1) is 6.04 Å². The van der Waals surface area contributed by atoms with Crippen molar-refractivity contribution >= 4 is 40.5 Å². The van der Waals surface area contributed by atoms with Gasteiger partial charge in [0.1, 0.15) is 0 Å². The van der Waals surface area contributed by atoms with Gasteiger partial charge < -0.3 is 10.6 Å². The number of fused-ring (bicyclic) bond motifs is 3. The third-order valence-corrected chi connectivity index (χ3v) is 6.87. The van der Waals surface area contributed by atoms with Gasteiger partial charge in [-0.25, -0.2) is 0 Å². The first-order chi connectivity index (χ1) is 15.0. The molecule has 1 amide bonds. The van der Waals surface area contributed by atoms with E-state index in [0.717, 1.165) is 28.9 Å². The molecule has 0 saturated heterocycles. The second kappa shape index (κ2) is 8.07. The van der Waals surface area contributed by atoms with Crippen LogP contribution in [0.1, 0.15) is 45.4 Å². The van der Waals surface area contributed by atoms with Crippen molar-refractivity contribution in [2.45, 2.75) is 25.3 Å². The summed E-state index contributed by atoms with van der Waals surface area (Å²) >= 11 is 13.1. The molecule has 31 heavy (non-hydrogen) atoms. The molecule has 5 rings (SSSR count). The molecule has 2 N–H and O–H groups in total. The Kier molecular flexibility index (Phi) is 5.25. The second-order valence-corrected chi connectivity index (χ2v) is 9.05. The maximum absolute atomic E-state index is 12.7. The number of halogens is 2. The molecule has 1 aliphatic carbocycles. The monoisotopic (exact) mass is 448 g/mol. The molecule has 0 saturated carbocycles. The average molecular weight is 449 g/mol. The zero-order chi connectivity index (χ0) is 21.5. The average Bonchev–Trinajstić information content (AvgIpc) is 3.24. The van der Waals surface area contributed by atoms with Crippen LogP contribution in [-0.4, -0.2) is 5.91 Å². The molecular weight excluding hydrogens is 427 g/mol. The van der Waals surface area contributed by atoms with Gasteiger partial charge in [0.2, 0.25) is 0 Å². The van der Waals surface area contributed by atoms with Crippen LogP contribution in [0.25, 0.3) is 0 Å². The molecule has 0 radical (unpaired) electrons. The van der Waals surface area contributed by atoms with Gasteiger partial charge >= 0.3 is 0 Å². The SMILES string of the molecule is Cc1cccc(C(=O)Nc2ccc3c(c2)C2C=CCC2C(c2c(Cl)cccc2Cl)N3)c1. The molecule has 0 fully saturated rings. The second-order valence-electron chi connectivity index (χ2n) is 8.24. The number of aryl methyl sites for hydroxylation is 1. The highest BCUT2D eigenvalue weighted by Crippen LogP contribution is 2.52. The van der Waals surface area contributed by atoms with E-state index in [0.29, 0.717) is 21.5 Å². The molecule has 0 aromatic heterocycles. The first-order valence-electron chi connectivity index (χ1n) is 10.4. The lowest BCUT2D eigenvalue weighted by Crippen LogP contribution is -2.29. The fraction of sp³-hybridized carbons (Fsp3) is 0.192. The highest BCUT2D eigenvalue weighted by Gasteiger charge is 2.39. The van der Waals surface area contributed by atoms with Crippen molar-refractivity contribution in [3.8, 4) is 0 Å². The molecule has 3 aromatic carbocycles. The molecule has 1 aliphatic heterocycles. The number of carbonyl (C=O) groups is 1. The van der Waals surface area contributed by atoms with E-state index in [2.05, 4.69) is 28.9 Å². The van der Waals surface area contributed by atoms with Crippen molar-refractivity contribution < 1.29 is 4.79 Å². The Morgan fingerprint density at radius 2 is 1.81 bits per heavy atom. The quantitative estimate of drug-likeness (QED) is 0.410. The number of amides is 1. The summed E-state index contributed by atoms with van der Waals surface area (Å²) < 4.78 is 0.